The molecule has 2 aliphatic rings. The van der Waals surface area contributed by atoms with Crippen molar-refractivity contribution >= 4 is 28.9 Å². The van der Waals surface area contributed by atoms with Gasteiger partial charge in [0.1, 0.15) is 0 Å². The largest absolute Gasteiger partial charge is 0.440 e. The standard InChI is InChI=1S/C19H18Cl2N2O.C7H14.C6H14O/c1-11(2)23-17-9-15(16(21)8-12(17)3)19-22-10-18(24-19)13-4-6-14(20)7-5-13;1-7-5-3-2-4-6-7;1-3-5-7-6-4-2/h4-8,10,15H,9H2,1-3H3;7H,2-6H2,1H3;3-6H2,1-2H3. The summed E-state index contributed by atoms with van der Waals surface area (Å²) in [4.78, 5) is 9.04. The summed E-state index contributed by atoms with van der Waals surface area (Å²) in [7, 11) is 0. The number of aliphatic imine (C=N–C) groups is 1. The number of rotatable bonds is 7. The van der Waals surface area contributed by atoms with Crippen LogP contribution in [0.3, 0.4) is 0 Å². The number of aromatic nitrogens is 1. The summed E-state index contributed by atoms with van der Waals surface area (Å²) in [6, 6.07) is 7.47. The van der Waals surface area contributed by atoms with Crippen LogP contribution in [0.5, 0.6) is 0 Å². The minimum absolute atomic E-state index is 0.102. The molecule has 1 aromatic carbocycles. The van der Waals surface area contributed by atoms with E-state index < -0.39 is 0 Å². The molecule has 0 amide bonds. The first-order chi connectivity index (χ1) is 18.2. The van der Waals surface area contributed by atoms with E-state index in [9.17, 15) is 0 Å². The zero-order chi connectivity index (χ0) is 27.9. The molecule has 1 aromatic heterocycles. The Hall–Kier alpha value is -1.88. The van der Waals surface area contributed by atoms with Crippen molar-refractivity contribution in [1.29, 1.82) is 0 Å². The Balaban J connectivity index is 0.000000296. The monoisotopic (exact) mass is 560 g/mol. The maximum Gasteiger partial charge on any atom is 0.203 e. The van der Waals surface area contributed by atoms with Crippen molar-refractivity contribution in [3.8, 4) is 11.3 Å². The molecule has 4 rings (SSSR count). The molecule has 1 fully saturated rings. The summed E-state index contributed by atoms with van der Waals surface area (Å²) in [6.07, 6.45) is 14.1. The van der Waals surface area contributed by atoms with Crippen molar-refractivity contribution in [3.63, 3.8) is 0 Å². The summed E-state index contributed by atoms with van der Waals surface area (Å²) in [5.74, 6) is 2.24. The highest BCUT2D eigenvalue weighted by atomic mass is 35.5. The van der Waals surface area contributed by atoms with E-state index in [1.807, 2.05) is 51.1 Å². The van der Waals surface area contributed by atoms with Gasteiger partial charge in [-0.05, 0) is 75.4 Å². The molecule has 1 heterocycles. The SMILES string of the molecule is CC(C)=NC1=C(C)C=C(Cl)C(c2ncc(-c3ccc(Cl)cc3)o2)C1.CC1CCCCC1.CCCOCCC. The second-order valence-corrected chi connectivity index (χ2v) is 11.3. The topological polar surface area (TPSA) is 47.6 Å². The molecular formula is C32H46Cl2N2O2. The van der Waals surface area contributed by atoms with Gasteiger partial charge in [-0.15, -0.1) is 0 Å². The third-order valence-corrected chi connectivity index (χ3v) is 7.06. The van der Waals surface area contributed by atoms with Crippen molar-refractivity contribution in [1.82, 2.24) is 4.98 Å². The molecule has 210 valence electrons. The molecule has 0 saturated heterocycles. The minimum Gasteiger partial charge on any atom is -0.440 e. The molecule has 1 atom stereocenters. The third kappa shape index (κ3) is 11.5. The zero-order valence-corrected chi connectivity index (χ0v) is 25.7. The number of ether oxygens (including phenoxy) is 1. The van der Waals surface area contributed by atoms with Crippen LogP contribution in [0.2, 0.25) is 5.02 Å². The van der Waals surface area contributed by atoms with E-state index >= 15 is 0 Å². The highest BCUT2D eigenvalue weighted by Crippen LogP contribution is 2.40. The van der Waals surface area contributed by atoms with Gasteiger partial charge in [-0.25, -0.2) is 4.98 Å². The molecule has 0 bridgehead atoms. The lowest BCUT2D eigenvalue weighted by molar-refractivity contribution is 0.135. The predicted molar refractivity (Wildman–Crippen MR) is 163 cm³/mol. The van der Waals surface area contributed by atoms with Crippen molar-refractivity contribution < 1.29 is 9.15 Å². The van der Waals surface area contributed by atoms with Gasteiger partial charge < -0.3 is 9.15 Å². The van der Waals surface area contributed by atoms with Gasteiger partial charge in [0.15, 0.2) is 5.76 Å². The van der Waals surface area contributed by atoms with Crippen LogP contribution < -0.4 is 0 Å². The summed E-state index contributed by atoms with van der Waals surface area (Å²) in [6.45, 7) is 14.4. The molecule has 4 nitrogen and oxygen atoms in total. The second kappa shape index (κ2) is 17.7. The molecule has 0 N–H and O–H groups in total. The summed E-state index contributed by atoms with van der Waals surface area (Å²) >= 11 is 12.4. The first kappa shape index (κ1) is 32.3. The van der Waals surface area contributed by atoms with Gasteiger partial charge in [0.05, 0.1) is 12.1 Å². The van der Waals surface area contributed by atoms with Gasteiger partial charge in [-0.3, -0.25) is 4.99 Å². The van der Waals surface area contributed by atoms with Crippen LogP contribution in [0.15, 0.2) is 62.3 Å². The molecule has 2 aromatic rings. The minimum atomic E-state index is -0.102. The molecule has 0 spiro atoms. The Morgan fingerprint density at radius 3 is 2.18 bits per heavy atom. The Morgan fingerprint density at radius 2 is 1.66 bits per heavy atom. The van der Waals surface area contributed by atoms with Crippen LogP contribution in [0.4, 0.5) is 0 Å². The number of oxazole rings is 1. The van der Waals surface area contributed by atoms with Gasteiger partial charge in [0, 0.05) is 46.7 Å². The van der Waals surface area contributed by atoms with Gasteiger partial charge in [0.2, 0.25) is 5.89 Å². The van der Waals surface area contributed by atoms with Crippen molar-refractivity contribution in [2.24, 2.45) is 10.9 Å². The molecule has 1 saturated carbocycles. The fraction of sp³-hybridized carbons (Fsp3) is 0.562. The summed E-state index contributed by atoms with van der Waals surface area (Å²) < 4.78 is 11.1. The number of hydrogen-bond acceptors (Lipinski definition) is 4. The van der Waals surface area contributed by atoms with Gasteiger partial charge in [-0.2, -0.15) is 0 Å². The molecule has 1 unspecified atom stereocenters. The fourth-order valence-electron chi connectivity index (χ4n) is 4.35. The van der Waals surface area contributed by atoms with Crippen LogP contribution in [0.25, 0.3) is 11.3 Å². The first-order valence-electron chi connectivity index (χ1n) is 14.1. The molecular weight excluding hydrogens is 515 g/mol. The average Bonchev–Trinajstić information content (AvgIpc) is 3.37. The van der Waals surface area contributed by atoms with Crippen molar-refractivity contribution in [3.05, 3.63) is 63.8 Å². The summed E-state index contributed by atoms with van der Waals surface area (Å²) in [5, 5.41) is 1.42. The fourth-order valence-corrected chi connectivity index (χ4v) is 4.81. The lowest BCUT2D eigenvalue weighted by atomic mass is 9.91. The molecule has 0 aliphatic heterocycles. The number of nitrogens with zero attached hydrogens (tertiary/aromatic N) is 2. The Bertz CT molecular complexity index is 1040. The van der Waals surface area contributed by atoms with Gasteiger partial charge in [-0.1, -0.05) is 76.1 Å². The molecule has 38 heavy (non-hydrogen) atoms. The smallest absolute Gasteiger partial charge is 0.203 e. The summed E-state index contributed by atoms with van der Waals surface area (Å²) in [5.41, 5.74) is 4.06. The number of halogens is 2. The van der Waals surface area contributed by atoms with Gasteiger partial charge >= 0.3 is 0 Å². The van der Waals surface area contributed by atoms with E-state index in [-0.39, 0.29) is 5.92 Å². The lowest BCUT2D eigenvalue weighted by Crippen LogP contribution is -2.07. The zero-order valence-electron chi connectivity index (χ0n) is 24.2. The van der Waals surface area contributed by atoms with Crippen LogP contribution in [-0.4, -0.2) is 23.9 Å². The van der Waals surface area contributed by atoms with E-state index in [4.69, 9.17) is 32.4 Å². The van der Waals surface area contributed by atoms with Crippen LogP contribution in [-0.2, 0) is 4.74 Å². The van der Waals surface area contributed by atoms with Crippen molar-refractivity contribution in [2.45, 2.75) is 98.8 Å². The number of benzene rings is 1. The maximum atomic E-state index is 6.45. The first-order valence-corrected chi connectivity index (χ1v) is 14.9. The van der Waals surface area contributed by atoms with E-state index in [1.165, 1.54) is 32.1 Å². The lowest BCUT2D eigenvalue weighted by Gasteiger charge is -2.19. The normalized spacial score (nSPS) is 17.6. The molecule has 2 aliphatic carbocycles. The highest BCUT2D eigenvalue weighted by Gasteiger charge is 2.26. The van der Waals surface area contributed by atoms with E-state index in [2.05, 4.69) is 30.7 Å². The Morgan fingerprint density at radius 1 is 1.03 bits per heavy atom. The molecule has 6 heteroatoms. The highest BCUT2D eigenvalue weighted by molar-refractivity contribution is 6.31. The maximum absolute atomic E-state index is 6.45. The Labute approximate surface area is 240 Å². The predicted octanol–water partition coefficient (Wildman–Crippen LogP) is 10.8. The number of allylic oxidation sites excluding steroid dienone is 4. The van der Waals surface area contributed by atoms with E-state index in [1.54, 1.807) is 6.20 Å². The number of hydrogen-bond donors (Lipinski definition) is 0. The Kier molecular flexibility index (Phi) is 15.0. The van der Waals surface area contributed by atoms with E-state index in [0.29, 0.717) is 23.1 Å². The van der Waals surface area contributed by atoms with Gasteiger partial charge in [0.25, 0.3) is 0 Å². The third-order valence-electron chi connectivity index (χ3n) is 6.44. The second-order valence-electron chi connectivity index (χ2n) is 10.4. The quantitative estimate of drug-likeness (QED) is 0.250. The van der Waals surface area contributed by atoms with Crippen LogP contribution in [0.1, 0.15) is 105 Å². The molecule has 0 radical (unpaired) electrons. The average molecular weight is 562 g/mol. The van der Waals surface area contributed by atoms with Crippen LogP contribution >= 0.6 is 23.2 Å². The van der Waals surface area contributed by atoms with Crippen molar-refractivity contribution in [2.75, 3.05) is 13.2 Å². The van der Waals surface area contributed by atoms with Crippen LogP contribution in [0, 0.1) is 5.92 Å². The van der Waals surface area contributed by atoms with E-state index in [0.717, 1.165) is 59.6 Å².